The summed E-state index contributed by atoms with van der Waals surface area (Å²) in [6.45, 7) is 6.93. The zero-order valence-corrected chi connectivity index (χ0v) is 14.2. The minimum atomic E-state index is 0.207. The van der Waals surface area contributed by atoms with Crippen LogP contribution in [0.3, 0.4) is 0 Å². The highest BCUT2D eigenvalue weighted by molar-refractivity contribution is 5.80. The van der Waals surface area contributed by atoms with Crippen LogP contribution in [0.15, 0.2) is 12.4 Å². The van der Waals surface area contributed by atoms with E-state index in [9.17, 15) is 4.79 Å². The first kappa shape index (κ1) is 15.2. The van der Waals surface area contributed by atoms with Gasteiger partial charge in [0.05, 0.1) is 12.5 Å². The van der Waals surface area contributed by atoms with Gasteiger partial charge in [-0.1, -0.05) is 6.42 Å². The molecule has 4 aliphatic rings. The van der Waals surface area contributed by atoms with Gasteiger partial charge in [0.15, 0.2) is 0 Å². The molecule has 0 radical (unpaired) electrons. The smallest absolute Gasteiger partial charge is 0.227 e. The molecule has 5 rings (SSSR count). The largest absolute Gasteiger partial charge is 0.338 e. The van der Waals surface area contributed by atoms with Gasteiger partial charge < -0.3 is 9.47 Å². The fourth-order valence-corrected chi connectivity index (χ4v) is 4.43. The first-order valence-electron chi connectivity index (χ1n) is 9.27. The van der Waals surface area contributed by atoms with Crippen molar-refractivity contribution in [3.05, 3.63) is 18.2 Å². The number of hydrogen-bond acceptors (Lipinski definition) is 3. The quantitative estimate of drug-likeness (QED) is 0.835. The summed E-state index contributed by atoms with van der Waals surface area (Å²) in [4.78, 5) is 22.1. The maximum atomic E-state index is 12.8. The minimum absolute atomic E-state index is 0.207. The Morgan fingerprint density at radius 3 is 2.83 bits per heavy atom. The predicted molar refractivity (Wildman–Crippen MR) is 88.7 cm³/mol. The number of hydrogen-bond donors (Lipinski definition) is 0. The molecule has 2 atom stereocenters. The van der Waals surface area contributed by atoms with Crippen LogP contribution >= 0.6 is 0 Å². The van der Waals surface area contributed by atoms with Crippen molar-refractivity contribution in [2.45, 2.75) is 58.2 Å². The van der Waals surface area contributed by atoms with E-state index < -0.39 is 0 Å². The van der Waals surface area contributed by atoms with Crippen molar-refractivity contribution in [3.8, 4) is 0 Å². The van der Waals surface area contributed by atoms with Gasteiger partial charge >= 0.3 is 0 Å². The van der Waals surface area contributed by atoms with Crippen LogP contribution in [0, 0.1) is 11.8 Å². The molecule has 2 bridgehead atoms. The molecule has 1 aliphatic carbocycles. The second-order valence-corrected chi connectivity index (χ2v) is 7.54. The molecular formula is C18H28N4O. The van der Waals surface area contributed by atoms with Crippen LogP contribution < -0.4 is 0 Å². The van der Waals surface area contributed by atoms with Gasteiger partial charge in [0.25, 0.3) is 0 Å². The Labute approximate surface area is 138 Å². The van der Waals surface area contributed by atoms with E-state index in [1.807, 2.05) is 6.20 Å². The molecule has 5 nitrogen and oxygen atoms in total. The Hall–Kier alpha value is -1.36. The zero-order chi connectivity index (χ0) is 15.8. The van der Waals surface area contributed by atoms with Crippen molar-refractivity contribution in [2.24, 2.45) is 11.8 Å². The number of aromatic nitrogens is 2. The average Bonchev–Trinajstić information content (AvgIpc) is 2.78. The summed E-state index contributed by atoms with van der Waals surface area (Å²) in [5, 5.41) is 0. The van der Waals surface area contributed by atoms with Crippen molar-refractivity contribution in [1.82, 2.24) is 19.4 Å². The summed E-state index contributed by atoms with van der Waals surface area (Å²) in [6, 6.07) is 0.423. The molecule has 126 valence electrons. The minimum Gasteiger partial charge on any atom is -0.338 e. The molecule has 0 spiro atoms. The molecule has 5 heteroatoms. The van der Waals surface area contributed by atoms with Crippen LogP contribution in [0.5, 0.6) is 0 Å². The van der Waals surface area contributed by atoms with E-state index in [1.165, 1.54) is 25.7 Å². The number of carbonyl (C=O) groups is 1. The molecule has 23 heavy (non-hydrogen) atoms. The molecule has 0 N–H and O–H groups in total. The fraction of sp³-hybridized carbons (Fsp3) is 0.778. The summed E-state index contributed by atoms with van der Waals surface area (Å²) < 4.78 is 2.21. The van der Waals surface area contributed by atoms with Crippen LogP contribution in [0.25, 0.3) is 0 Å². The lowest BCUT2D eigenvalue weighted by Crippen LogP contribution is -2.50. The Bertz CT molecular complexity index is 565. The number of imidazole rings is 1. The highest BCUT2D eigenvalue weighted by atomic mass is 16.2. The van der Waals surface area contributed by atoms with Crippen LogP contribution in [0.4, 0.5) is 0 Å². The van der Waals surface area contributed by atoms with Gasteiger partial charge in [0.2, 0.25) is 5.91 Å². The molecule has 4 heterocycles. The maximum Gasteiger partial charge on any atom is 0.227 e. The first-order chi connectivity index (χ1) is 11.2. The summed E-state index contributed by atoms with van der Waals surface area (Å²) in [6.07, 6.45) is 10.2. The maximum absolute atomic E-state index is 12.8. The average molecular weight is 316 g/mol. The first-order valence-corrected chi connectivity index (χ1v) is 9.27. The molecule has 1 saturated carbocycles. The predicted octanol–water partition coefficient (Wildman–Crippen LogP) is 2.13. The van der Waals surface area contributed by atoms with Gasteiger partial charge in [0, 0.05) is 44.6 Å². The number of amides is 1. The van der Waals surface area contributed by atoms with Crippen molar-refractivity contribution >= 4 is 5.91 Å². The van der Waals surface area contributed by atoms with Crippen LogP contribution in [-0.2, 0) is 17.9 Å². The lowest BCUT2D eigenvalue weighted by Gasteiger charge is -2.40. The topological polar surface area (TPSA) is 41.4 Å². The third kappa shape index (κ3) is 2.91. The van der Waals surface area contributed by atoms with Crippen LogP contribution in [0.2, 0.25) is 0 Å². The number of fused-ring (bicyclic) bond motifs is 4. The van der Waals surface area contributed by atoms with Crippen molar-refractivity contribution in [1.29, 1.82) is 0 Å². The third-order valence-corrected chi connectivity index (χ3v) is 6.06. The number of aryl methyl sites for hydroxylation is 1. The van der Waals surface area contributed by atoms with E-state index in [1.54, 1.807) is 0 Å². The van der Waals surface area contributed by atoms with Crippen LogP contribution in [0.1, 0.15) is 44.9 Å². The highest BCUT2D eigenvalue weighted by Crippen LogP contribution is 2.34. The van der Waals surface area contributed by atoms with Crippen molar-refractivity contribution in [3.63, 3.8) is 0 Å². The normalized spacial score (nSPS) is 28.9. The molecule has 3 saturated heterocycles. The van der Waals surface area contributed by atoms with Gasteiger partial charge in [-0.05, 0) is 38.5 Å². The highest BCUT2D eigenvalue weighted by Gasteiger charge is 2.41. The van der Waals surface area contributed by atoms with Crippen molar-refractivity contribution in [2.75, 3.05) is 19.6 Å². The lowest BCUT2D eigenvalue weighted by atomic mass is 9.83. The number of carbonyl (C=O) groups excluding carboxylic acids is 1. The second-order valence-electron chi connectivity index (χ2n) is 7.54. The van der Waals surface area contributed by atoms with E-state index in [0.717, 1.165) is 50.9 Å². The molecule has 0 unspecified atom stereocenters. The molecular weight excluding hydrogens is 288 g/mol. The van der Waals surface area contributed by atoms with E-state index in [2.05, 4.69) is 32.5 Å². The number of piperidine rings is 1. The molecule has 3 aliphatic heterocycles. The molecule has 1 amide bonds. The SMILES string of the molecule is CCn1ccnc1CN1C[C@H]2CC[C@@H](C1)N(CC1CCC1)C2=O. The van der Waals surface area contributed by atoms with Gasteiger partial charge in [-0.3, -0.25) is 9.69 Å². The molecule has 1 aromatic rings. The summed E-state index contributed by atoms with van der Waals surface area (Å²) >= 11 is 0. The Morgan fingerprint density at radius 1 is 1.22 bits per heavy atom. The van der Waals surface area contributed by atoms with E-state index in [4.69, 9.17) is 0 Å². The van der Waals surface area contributed by atoms with E-state index >= 15 is 0 Å². The van der Waals surface area contributed by atoms with Crippen molar-refractivity contribution < 1.29 is 4.79 Å². The van der Waals surface area contributed by atoms with Gasteiger partial charge in [-0.25, -0.2) is 4.98 Å². The van der Waals surface area contributed by atoms with E-state index in [-0.39, 0.29) is 5.92 Å². The van der Waals surface area contributed by atoms with Gasteiger partial charge in [0.1, 0.15) is 5.82 Å². The molecule has 0 aromatic carbocycles. The number of rotatable bonds is 5. The summed E-state index contributed by atoms with van der Waals surface area (Å²) in [5.74, 6) is 2.53. The molecule has 4 fully saturated rings. The summed E-state index contributed by atoms with van der Waals surface area (Å²) in [7, 11) is 0. The number of nitrogens with zero attached hydrogens (tertiary/aromatic N) is 4. The molecule has 1 aromatic heterocycles. The monoisotopic (exact) mass is 316 g/mol. The Kier molecular flexibility index (Phi) is 4.14. The fourth-order valence-electron chi connectivity index (χ4n) is 4.43. The van der Waals surface area contributed by atoms with Gasteiger partial charge in [-0.15, -0.1) is 0 Å². The Balaban J connectivity index is 1.47. The van der Waals surface area contributed by atoms with Crippen LogP contribution in [-0.4, -0.2) is 50.9 Å². The zero-order valence-electron chi connectivity index (χ0n) is 14.2. The van der Waals surface area contributed by atoms with E-state index in [0.29, 0.717) is 11.9 Å². The third-order valence-electron chi connectivity index (χ3n) is 6.06. The Morgan fingerprint density at radius 2 is 2.09 bits per heavy atom. The lowest BCUT2D eigenvalue weighted by molar-refractivity contribution is -0.141. The van der Waals surface area contributed by atoms with Gasteiger partial charge in [-0.2, -0.15) is 0 Å². The summed E-state index contributed by atoms with van der Waals surface area (Å²) in [5.41, 5.74) is 0. The standard InChI is InChI=1S/C18H28N4O/c1-2-21-9-8-19-17(21)13-20-11-15-6-7-16(12-20)22(18(15)23)10-14-4-3-5-14/h8-9,14-16H,2-7,10-13H2,1H3/t15-,16+/m1/s1. The second kappa shape index (κ2) is 6.27.